The van der Waals surface area contributed by atoms with Crippen LogP contribution < -0.4 is 10.4 Å². The molecular formula is C24H29NO5. The Balaban J connectivity index is 1.46. The van der Waals surface area contributed by atoms with Crippen LogP contribution in [0.4, 0.5) is 0 Å². The number of ether oxygens (including phenoxy) is 2. The van der Waals surface area contributed by atoms with Gasteiger partial charge in [-0.15, -0.1) is 0 Å². The van der Waals surface area contributed by atoms with Gasteiger partial charge < -0.3 is 18.8 Å². The molecule has 2 aliphatic heterocycles. The second-order valence-corrected chi connectivity index (χ2v) is 8.40. The van der Waals surface area contributed by atoms with Gasteiger partial charge in [0.15, 0.2) is 6.61 Å². The molecule has 30 heavy (non-hydrogen) atoms. The standard InChI is InChI=1S/C24H29NO5/c1-4-18-13-22(27)30-20-12-17(3)11-19(23(18)20)28-15-21(26)25-8-6-24(7-9-25)14-16(2)5-10-29-24/h11-14H,4-10,15H2,1-3H3. The van der Waals surface area contributed by atoms with E-state index in [-0.39, 0.29) is 23.7 Å². The number of hydrogen-bond donors (Lipinski definition) is 0. The summed E-state index contributed by atoms with van der Waals surface area (Å²) < 4.78 is 17.4. The number of likely N-dealkylation sites (tertiary alicyclic amines) is 1. The van der Waals surface area contributed by atoms with Gasteiger partial charge in [0.05, 0.1) is 17.6 Å². The van der Waals surface area contributed by atoms with E-state index in [4.69, 9.17) is 13.9 Å². The van der Waals surface area contributed by atoms with Crippen LogP contribution in [0.25, 0.3) is 11.0 Å². The van der Waals surface area contributed by atoms with Crippen molar-refractivity contribution in [3.8, 4) is 5.75 Å². The van der Waals surface area contributed by atoms with Crippen molar-refractivity contribution in [2.45, 2.75) is 52.1 Å². The lowest BCUT2D eigenvalue weighted by molar-refractivity contribution is -0.138. The first-order valence-corrected chi connectivity index (χ1v) is 10.7. The Morgan fingerprint density at radius 3 is 2.67 bits per heavy atom. The van der Waals surface area contributed by atoms with Crippen molar-refractivity contribution in [3.05, 3.63) is 51.4 Å². The van der Waals surface area contributed by atoms with Gasteiger partial charge in [-0.2, -0.15) is 0 Å². The molecule has 0 atom stereocenters. The fraction of sp³-hybridized carbons (Fsp3) is 0.500. The topological polar surface area (TPSA) is 69.0 Å². The fourth-order valence-corrected chi connectivity index (χ4v) is 4.50. The summed E-state index contributed by atoms with van der Waals surface area (Å²) in [6.07, 6.45) is 5.54. The van der Waals surface area contributed by atoms with Gasteiger partial charge in [0, 0.05) is 19.2 Å². The lowest BCUT2D eigenvalue weighted by Crippen LogP contribution is -2.49. The highest BCUT2D eigenvalue weighted by Crippen LogP contribution is 2.33. The highest BCUT2D eigenvalue weighted by atomic mass is 16.5. The predicted molar refractivity (Wildman–Crippen MR) is 115 cm³/mol. The third-order valence-electron chi connectivity index (χ3n) is 6.12. The van der Waals surface area contributed by atoms with Crippen LogP contribution in [0.2, 0.25) is 0 Å². The van der Waals surface area contributed by atoms with Crippen LogP contribution in [0.3, 0.4) is 0 Å². The minimum atomic E-state index is -0.372. The van der Waals surface area contributed by atoms with E-state index < -0.39 is 0 Å². The zero-order chi connectivity index (χ0) is 21.3. The Morgan fingerprint density at radius 2 is 1.97 bits per heavy atom. The zero-order valence-corrected chi connectivity index (χ0v) is 18.0. The summed E-state index contributed by atoms with van der Waals surface area (Å²) in [5.41, 5.74) is 3.06. The van der Waals surface area contributed by atoms with E-state index >= 15 is 0 Å². The van der Waals surface area contributed by atoms with E-state index in [0.29, 0.717) is 30.8 Å². The summed E-state index contributed by atoms with van der Waals surface area (Å²) in [6, 6.07) is 5.22. The second-order valence-electron chi connectivity index (χ2n) is 8.40. The molecule has 1 saturated heterocycles. The smallest absolute Gasteiger partial charge is 0.336 e. The van der Waals surface area contributed by atoms with E-state index in [1.807, 2.05) is 30.9 Å². The van der Waals surface area contributed by atoms with Crippen LogP contribution in [0.15, 0.2) is 39.1 Å². The van der Waals surface area contributed by atoms with Gasteiger partial charge in [-0.3, -0.25) is 4.79 Å². The van der Waals surface area contributed by atoms with Crippen molar-refractivity contribution in [1.82, 2.24) is 4.90 Å². The van der Waals surface area contributed by atoms with Gasteiger partial charge in [0.25, 0.3) is 5.91 Å². The minimum Gasteiger partial charge on any atom is -0.483 e. The molecule has 0 N–H and O–H groups in total. The number of carbonyl (C=O) groups excluding carboxylic acids is 1. The molecule has 1 fully saturated rings. The average Bonchev–Trinajstić information content (AvgIpc) is 2.71. The number of hydrogen-bond acceptors (Lipinski definition) is 5. The molecule has 160 valence electrons. The highest BCUT2D eigenvalue weighted by Gasteiger charge is 2.36. The second kappa shape index (κ2) is 8.26. The number of aryl methyl sites for hydroxylation is 2. The zero-order valence-electron chi connectivity index (χ0n) is 18.0. The van der Waals surface area contributed by atoms with Crippen LogP contribution >= 0.6 is 0 Å². The van der Waals surface area contributed by atoms with Gasteiger partial charge >= 0.3 is 5.63 Å². The Hall–Kier alpha value is -2.60. The van der Waals surface area contributed by atoms with Gasteiger partial charge in [0.1, 0.15) is 11.3 Å². The molecule has 1 aromatic carbocycles. The number of fused-ring (bicyclic) bond motifs is 1. The predicted octanol–water partition coefficient (Wildman–Crippen LogP) is 3.77. The molecule has 0 radical (unpaired) electrons. The molecule has 2 aromatic rings. The van der Waals surface area contributed by atoms with Crippen molar-refractivity contribution < 1.29 is 18.7 Å². The monoisotopic (exact) mass is 411 g/mol. The Morgan fingerprint density at radius 1 is 1.20 bits per heavy atom. The summed E-state index contributed by atoms with van der Waals surface area (Å²) in [5, 5.41) is 0.768. The van der Waals surface area contributed by atoms with E-state index in [9.17, 15) is 9.59 Å². The van der Waals surface area contributed by atoms with E-state index in [2.05, 4.69) is 13.0 Å². The Labute approximate surface area is 176 Å². The van der Waals surface area contributed by atoms with Crippen molar-refractivity contribution in [2.75, 3.05) is 26.3 Å². The first kappa shape index (κ1) is 20.7. The lowest BCUT2D eigenvalue weighted by atomic mass is 9.87. The molecule has 4 rings (SSSR count). The third-order valence-corrected chi connectivity index (χ3v) is 6.12. The maximum absolute atomic E-state index is 12.8. The SMILES string of the molecule is CCc1cc(=O)oc2cc(C)cc(OCC(=O)N3CCC4(C=C(C)CCO4)CC3)c12. The summed E-state index contributed by atoms with van der Waals surface area (Å²) in [7, 11) is 0. The molecule has 1 aromatic heterocycles. The average molecular weight is 411 g/mol. The summed E-state index contributed by atoms with van der Waals surface area (Å²) >= 11 is 0. The Bertz CT molecular complexity index is 1040. The molecule has 1 amide bonds. The van der Waals surface area contributed by atoms with Crippen LogP contribution in [-0.4, -0.2) is 42.7 Å². The number of amides is 1. The first-order chi connectivity index (χ1) is 14.4. The van der Waals surface area contributed by atoms with Crippen LogP contribution in [0, 0.1) is 6.92 Å². The van der Waals surface area contributed by atoms with Gasteiger partial charge in [-0.1, -0.05) is 18.6 Å². The normalized spacial score (nSPS) is 18.5. The van der Waals surface area contributed by atoms with Crippen molar-refractivity contribution in [2.24, 2.45) is 0 Å². The molecule has 0 unspecified atom stereocenters. The van der Waals surface area contributed by atoms with Crippen LogP contribution in [0.1, 0.15) is 44.2 Å². The summed E-state index contributed by atoms with van der Waals surface area (Å²) in [5.74, 6) is 0.549. The minimum absolute atomic E-state index is 0.0357. The molecular weight excluding hydrogens is 382 g/mol. The van der Waals surface area contributed by atoms with Crippen molar-refractivity contribution in [1.29, 1.82) is 0 Å². The Kier molecular flexibility index (Phi) is 5.69. The molecule has 1 spiro atoms. The van der Waals surface area contributed by atoms with Crippen LogP contribution in [-0.2, 0) is 16.0 Å². The summed E-state index contributed by atoms with van der Waals surface area (Å²) in [6.45, 7) is 8.09. The number of benzene rings is 1. The summed E-state index contributed by atoms with van der Waals surface area (Å²) in [4.78, 5) is 26.5. The molecule has 6 nitrogen and oxygen atoms in total. The maximum Gasteiger partial charge on any atom is 0.336 e. The van der Waals surface area contributed by atoms with Crippen molar-refractivity contribution in [3.63, 3.8) is 0 Å². The van der Waals surface area contributed by atoms with Gasteiger partial charge in [-0.25, -0.2) is 4.79 Å². The molecule has 0 bridgehead atoms. The molecule has 0 aliphatic carbocycles. The van der Waals surface area contributed by atoms with Gasteiger partial charge in [-0.05, 0) is 62.8 Å². The third kappa shape index (κ3) is 4.15. The van der Waals surface area contributed by atoms with Gasteiger partial charge in [0.2, 0.25) is 0 Å². The fourth-order valence-electron chi connectivity index (χ4n) is 4.50. The molecule has 2 aliphatic rings. The lowest BCUT2D eigenvalue weighted by Gasteiger charge is -2.42. The molecule has 6 heteroatoms. The van der Waals surface area contributed by atoms with Crippen LogP contribution in [0.5, 0.6) is 5.75 Å². The molecule has 0 saturated carbocycles. The quantitative estimate of drug-likeness (QED) is 0.566. The maximum atomic E-state index is 12.8. The van der Waals surface area contributed by atoms with Crippen molar-refractivity contribution >= 4 is 16.9 Å². The van der Waals surface area contributed by atoms with E-state index in [0.717, 1.165) is 42.4 Å². The van der Waals surface area contributed by atoms with E-state index in [1.54, 1.807) is 0 Å². The van der Waals surface area contributed by atoms with E-state index in [1.165, 1.54) is 11.6 Å². The molecule has 3 heterocycles. The number of nitrogens with zero attached hydrogens (tertiary/aromatic N) is 1. The first-order valence-electron chi connectivity index (χ1n) is 10.7. The number of carbonyl (C=O) groups is 1. The number of piperidine rings is 1. The highest BCUT2D eigenvalue weighted by molar-refractivity contribution is 5.88. The number of rotatable bonds is 4. The largest absolute Gasteiger partial charge is 0.483 e.